The number of anilines is 1. The van der Waals surface area contributed by atoms with Gasteiger partial charge in [-0.25, -0.2) is 5.43 Å². The van der Waals surface area contributed by atoms with E-state index in [1.807, 2.05) is 70.2 Å². The monoisotopic (exact) mass is 418 g/mol. The number of benzene rings is 2. The third-order valence-corrected chi connectivity index (χ3v) is 4.76. The van der Waals surface area contributed by atoms with E-state index in [1.54, 1.807) is 12.1 Å². The van der Waals surface area contributed by atoms with Gasteiger partial charge in [0.15, 0.2) is 0 Å². The molecule has 0 saturated heterocycles. The lowest BCUT2D eigenvalue weighted by atomic mass is 10.2. The molecule has 1 aromatic heterocycles. The molecule has 1 heterocycles. The Labute approximate surface area is 181 Å². The van der Waals surface area contributed by atoms with Gasteiger partial charge in [0.1, 0.15) is 5.75 Å². The zero-order valence-electron chi connectivity index (χ0n) is 18.1. The molecule has 0 aliphatic heterocycles. The number of amides is 2. The first kappa shape index (κ1) is 21.8. The van der Waals surface area contributed by atoms with Gasteiger partial charge in [0, 0.05) is 28.3 Å². The van der Waals surface area contributed by atoms with Crippen LogP contribution in [0.3, 0.4) is 0 Å². The van der Waals surface area contributed by atoms with E-state index in [0.717, 1.165) is 34.0 Å². The highest BCUT2D eigenvalue weighted by Crippen LogP contribution is 2.22. The van der Waals surface area contributed by atoms with Gasteiger partial charge in [0.25, 0.3) is 0 Å². The molecular weight excluding hydrogens is 392 g/mol. The van der Waals surface area contributed by atoms with Crippen molar-refractivity contribution in [1.29, 1.82) is 0 Å². The van der Waals surface area contributed by atoms with Crippen LogP contribution in [0.4, 0.5) is 5.69 Å². The summed E-state index contributed by atoms with van der Waals surface area (Å²) in [7, 11) is 0. The van der Waals surface area contributed by atoms with Crippen molar-refractivity contribution >= 4 is 23.7 Å². The minimum atomic E-state index is -0.836. The number of nitrogens with one attached hydrogen (secondary N) is 2. The average Bonchev–Trinajstić information content (AvgIpc) is 3.03. The van der Waals surface area contributed by atoms with Crippen LogP contribution < -0.4 is 15.5 Å². The lowest BCUT2D eigenvalue weighted by molar-refractivity contribution is -0.136. The quantitative estimate of drug-likeness (QED) is 0.362. The summed E-state index contributed by atoms with van der Waals surface area (Å²) in [5.74, 6) is -0.792. The molecule has 7 nitrogen and oxygen atoms in total. The minimum absolute atomic E-state index is 0.550. The second kappa shape index (κ2) is 9.75. The molecule has 0 bridgehead atoms. The number of nitrogens with zero attached hydrogens (tertiary/aromatic N) is 2. The molecule has 0 unspecified atom stereocenters. The van der Waals surface area contributed by atoms with Crippen molar-refractivity contribution < 1.29 is 14.3 Å². The highest BCUT2D eigenvalue weighted by atomic mass is 16.5. The highest BCUT2D eigenvalue weighted by molar-refractivity contribution is 6.39. The lowest BCUT2D eigenvalue weighted by Crippen LogP contribution is -2.32. The maximum absolute atomic E-state index is 12.0. The first-order valence-corrected chi connectivity index (χ1v) is 10.0. The van der Waals surface area contributed by atoms with Crippen LogP contribution in [0.15, 0.2) is 59.7 Å². The van der Waals surface area contributed by atoms with Gasteiger partial charge in [-0.15, -0.1) is 0 Å². The van der Waals surface area contributed by atoms with E-state index in [2.05, 4.69) is 20.4 Å². The summed E-state index contributed by atoms with van der Waals surface area (Å²) in [5.41, 5.74) is 7.71. The fraction of sp³-hybridized carbons (Fsp3) is 0.208. The summed E-state index contributed by atoms with van der Waals surface area (Å²) in [5, 5.41) is 6.49. The first-order chi connectivity index (χ1) is 14.9. The number of aromatic nitrogens is 1. The Morgan fingerprint density at radius 3 is 2.32 bits per heavy atom. The molecule has 0 aliphatic carbocycles. The van der Waals surface area contributed by atoms with Gasteiger partial charge in [0.05, 0.1) is 12.8 Å². The summed E-state index contributed by atoms with van der Waals surface area (Å²) >= 11 is 0. The Kier molecular flexibility index (Phi) is 6.87. The molecule has 31 heavy (non-hydrogen) atoms. The number of hydrogen-bond donors (Lipinski definition) is 2. The van der Waals surface area contributed by atoms with E-state index in [-0.39, 0.29) is 0 Å². The SMILES string of the molecule is CCOc1ccc(-n2c(C)cc(/C=N\NC(=O)C(=O)Nc3ccc(C)cc3)c2C)cc1. The van der Waals surface area contributed by atoms with Crippen LogP contribution in [0.2, 0.25) is 0 Å². The van der Waals surface area contributed by atoms with Gasteiger partial charge in [-0.05, 0) is 70.2 Å². The zero-order valence-corrected chi connectivity index (χ0v) is 18.1. The second-order valence-corrected chi connectivity index (χ2v) is 7.11. The van der Waals surface area contributed by atoms with Gasteiger partial charge in [-0.3, -0.25) is 9.59 Å². The van der Waals surface area contributed by atoms with E-state index >= 15 is 0 Å². The number of ether oxygens (including phenoxy) is 1. The van der Waals surface area contributed by atoms with Crippen molar-refractivity contribution in [1.82, 2.24) is 9.99 Å². The Hall–Kier alpha value is -3.87. The smallest absolute Gasteiger partial charge is 0.329 e. The van der Waals surface area contributed by atoms with Crippen molar-refractivity contribution in [2.45, 2.75) is 27.7 Å². The summed E-state index contributed by atoms with van der Waals surface area (Å²) in [6, 6.07) is 17.0. The van der Waals surface area contributed by atoms with E-state index in [0.29, 0.717) is 12.3 Å². The third-order valence-electron chi connectivity index (χ3n) is 4.76. The van der Waals surface area contributed by atoms with Crippen LogP contribution >= 0.6 is 0 Å². The van der Waals surface area contributed by atoms with E-state index in [1.165, 1.54) is 6.21 Å². The van der Waals surface area contributed by atoms with E-state index < -0.39 is 11.8 Å². The third kappa shape index (κ3) is 5.39. The molecule has 0 spiro atoms. The van der Waals surface area contributed by atoms with Crippen LogP contribution in [0.5, 0.6) is 5.75 Å². The predicted molar refractivity (Wildman–Crippen MR) is 122 cm³/mol. The van der Waals surface area contributed by atoms with Crippen LogP contribution in [-0.4, -0.2) is 29.2 Å². The minimum Gasteiger partial charge on any atom is -0.494 e. The highest BCUT2D eigenvalue weighted by Gasteiger charge is 2.13. The Balaban J connectivity index is 1.65. The molecule has 0 fully saturated rings. The fourth-order valence-corrected chi connectivity index (χ4v) is 3.21. The molecule has 0 radical (unpaired) electrons. The van der Waals surface area contributed by atoms with Gasteiger partial charge >= 0.3 is 11.8 Å². The molecule has 0 atom stereocenters. The van der Waals surface area contributed by atoms with Crippen molar-refractivity contribution in [3.63, 3.8) is 0 Å². The molecule has 160 valence electrons. The largest absolute Gasteiger partial charge is 0.494 e. The van der Waals surface area contributed by atoms with Crippen LogP contribution in [0, 0.1) is 20.8 Å². The van der Waals surface area contributed by atoms with Gasteiger partial charge in [-0.1, -0.05) is 17.7 Å². The van der Waals surface area contributed by atoms with Gasteiger partial charge < -0.3 is 14.6 Å². The van der Waals surface area contributed by atoms with Gasteiger partial charge in [-0.2, -0.15) is 5.10 Å². The maximum Gasteiger partial charge on any atom is 0.329 e. The number of carbonyl (C=O) groups is 2. The Morgan fingerprint density at radius 1 is 1.00 bits per heavy atom. The normalized spacial score (nSPS) is 10.8. The summed E-state index contributed by atoms with van der Waals surface area (Å²) in [4.78, 5) is 24.0. The van der Waals surface area contributed by atoms with Crippen molar-refractivity contribution in [3.05, 3.63) is 77.1 Å². The maximum atomic E-state index is 12.0. The number of hydrogen-bond acceptors (Lipinski definition) is 4. The van der Waals surface area contributed by atoms with Gasteiger partial charge in [0.2, 0.25) is 0 Å². The molecule has 3 aromatic rings. The first-order valence-electron chi connectivity index (χ1n) is 10.0. The number of aryl methyl sites for hydroxylation is 2. The number of hydrazone groups is 1. The summed E-state index contributed by atoms with van der Waals surface area (Å²) in [6.45, 7) is 8.48. The average molecular weight is 418 g/mol. The molecular formula is C24H26N4O3. The van der Waals surface area contributed by atoms with Crippen molar-refractivity contribution in [3.8, 4) is 11.4 Å². The topological polar surface area (TPSA) is 84.7 Å². The molecule has 2 N–H and O–H groups in total. The molecule has 2 aromatic carbocycles. The van der Waals surface area contributed by atoms with Crippen LogP contribution in [-0.2, 0) is 9.59 Å². The van der Waals surface area contributed by atoms with Crippen molar-refractivity contribution in [2.75, 3.05) is 11.9 Å². The van der Waals surface area contributed by atoms with Crippen LogP contribution in [0.1, 0.15) is 29.4 Å². The summed E-state index contributed by atoms with van der Waals surface area (Å²) in [6.07, 6.45) is 1.53. The lowest BCUT2D eigenvalue weighted by Gasteiger charge is -2.10. The van der Waals surface area contributed by atoms with Crippen molar-refractivity contribution in [2.24, 2.45) is 5.10 Å². The predicted octanol–water partition coefficient (Wildman–Crippen LogP) is 3.89. The second-order valence-electron chi connectivity index (χ2n) is 7.11. The molecule has 0 saturated carbocycles. The Morgan fingerprint density at radius 2 is 1.68 bits per heavy atom. The molecule has 0 aliphatic rings. The standard InChI is InChI=1S/C24H26N4O3/c1-5-31-22-12-10-21(11-13-22)28-17(3)14-19(18(28)4)15-25-27-24(30)23(29)26-20-8-6-16(2)7-9-20/h6-15H,5H2,1-4H3,(H,26,29)(H,27,30)/b25-15-. The zero-order chi connectivity index (χ0) is 22.4. The van der Waals surface area contributed by atoms with E-state index in [4.69, 9.17) is 4.74 Å². The number of rotatable bonds is 6. The fourth-order valence-electron chi connectivity index (χ4n) is 3.21. The van der Waals surface area contributed by atoms with E-state index in [9.17, 15) is 9.59 Å². The summed E-state index contributed by atoms with van der Waals surface area (Å²) < 4.78 is 7.58. The molecule has 3 rings (SSSR count). The van der Waals surface area contributed by atoms with Crippen LogP contribution in [0.25, 0.3) is 5.69 Å². The molecule has 7 heteroatoms. The Bertz CT molecular complexity index is 1100. The molecule has 2 amide bonds. The number of carbonyl (C=O) groups excluding carboxylic acids is 2.